The molecule has 34 heavy (non-hydrogen) atoms. The fraction of sp³-hybridized carbons (Fsp3) is 0.154. The molecule has 0 saturated heterocycles. The van der Waals surface area contributed by atoms with Crippen LogP contribution in [0.4, 0.5) is 0 Å². The highest BCUT2D eigenvalue weighted by Gasteiger charge is 2.16. The fourth-order valence-corrected chi connectivity index (χ4v) is 4.30. The molecule has 1 amide bonds. The summed E-state index contributed by atoms with van der Waals surface area (Å²) in [5.41, 5.74) is 1.77. The number of ether oxygens (including phenoxy) is 2. The Hall–Kier alpha value is -3.91. The van der Waals surface area contributed by atoms with Crippen molar-refractivity contribution in [2.24, 2.45) is 0 Å². The molecule has 4 rings (SSSR count). The van der Waals surface area contributed by atoms with Gasteiger partial charge in [0.2, 0.25) is 5.91 Å². The standard InChI is InChI=1S/C26H24N2O5S/c29-26(28-34(30,31)24-8-2-1-3-9-24)11-6-18-32-22-14-16-23(17-15-22)33-19-21-13-12-20-7-4-5-10-25(20)27-21/h1-5,7-10,12-17H,6,11,18-19H2,(H,28,29). The first-order chi connectivity index (χ1) is 16.5. The molecule has 0 aliphatic heterocycles. The van der Waals surface area contributed by atoms with E-state index in [0.29, 0.717) is 24.5 Å². The lowest BCUT2D eigenvalue weighted by atomic mass is 10.2. The third-order valence-electron chi connectivity index (χ3n) is 4.99. The van der Waals surface area contributed by atoms with Gasteiger partial charge in [0.1, 0.15) is 18.1 Å². The van der Waals surface area contributed by atoms with Gasteiger partial charge in [-0.25, -0.2) is 18.1 Å². The Morgan fingerprint density at radius 2 is 1.47 bits per heavy atom. The molecule has 3 aromatic carbocycles. The van der Waals surface area contributed by atoms with Crippen LogP contribution >= 0.6 is 0 Å². The van der Waals surface area contributed by atoms with Crippen molar-refractivity contribution in [2.45, 2.75) is 24.3 Å². The predicted octanol–water partition coefficient (Wildman–Crippen LogP) is 4.48. The molecule has 174 valence electrons. The van der Waals surface area contributed by atoms with Crippen LogP contribution in [-0.2, 0) is 21.4 Å². The topological polar surface area (TPSA) is 94.6 Å². The molecule has 1 N–H and O–H groups in total. The Balaban J connectivity index is 1.19. The maximum atomic E-state index is 12.2. The van der Waals surface area contributed by atoms with Gasteiger partial charge in [0.15, 0.2) is 0 Å². The van der Waals surface area contributed by atoms with Gasteiger partial charge in [-0.05, 0) is 55.0 Å². The number of pyridine rings is 1. The summed E-state index contributed by atoms with van der Waals surface area (Å²) in [6, 6.07) is 26.8. The number of amides is 1. The zero-order valence-electron chi connectivity index (χ0n) is 18.4. The summed E-state index contributed by atoms with van der Waals surface area (Å²) < 4.78 is 37.8. The second-order valence-corrected chi connectivity index (χ2v) is 9.23. The van der Waals surface area contributed by atoms with Crippen molar-refractivity contribution >= 4 is 26.8 Å². The normalized spacial score (nSPS) is 11.2. The Labute approximate surface area is 198 Å². The molecule has 1 heterocycles. The van der Waals surface area contributed by atoms with E-state index in [0.717, 1.165) is 16.6 Å². The molecule has 4 aromatic rings. The summed E-state index contributed by atoms with van der Waals surface area (Å²) in [6.07, 6.45) is 0.411. The van der Waals surface area contributed by atoms with Gasteiger partial charge in [0.05, 0.1) is 22.7 Å². The summed E-state index contributed by atoms with van der Waals surface area (Å²) in [5, 5.41) is 1.09. The number of rotatable bonds is 10. The van der Waals surface area contributed by atoms with Crippen LogP contribution in [0.15, 0.2) is 95.9 Å². The quantitative estimate of drug-likeness (QED) is 0.339. The maximum absolute atomic E-state index is 12.2. The second kappa shape index (κ2) is 10.8. The van der Waals surface area contributed by atoms with Crippen LogP contribution in [0, 0.1) is 0 Å². The minimum absolute atomic E-state index is 0.0337. The number of carbonyl (C=O) groups is 1. The largest absolute Gasteiger partial charge is 0.494 e. The van der Waals surface area contributed by atoms with Crippen LogP contribution in [0.3, 0.4) is 0 Å². The minimum Gasteiger partial charge on any atom is -0.494 e. The Kier molecular flexibility index (Phi) is 7.39. The maximum Gasteiger partial charge on any atom is 0.264 e. The molecule has 1 aromatic heterocycles. The number of carbonyl (C=O) groups excluding carboxylic acids is 1. The number of nitrogens with zero attached hydrogens (tertiary/aromatic N) is 1. The van der Waals surface area contributed by atoms with E-state index in [2.05, 4.69) is 9.71 Å². The highest BCUT2D eigenvalue weighted by Crippen LogP contribution is 2.19. The van der Waals surface area contributed by atoms with Crippen molar-refractivity contribution in [1.29, 1.82) is 0 Å². The first kappa shape index (κ1) is 23.3. The average Bonchev–Trinajstić information content (AvgIpc) is 2.86. The van der Waals surface area contributed by atoms with Crippen molar-refractivity contribution in [2.75, 3.05) is 6.61 Å². The predicted molar refractivity (Wildman–Crippen MR) is 129 cm³/mol. The lowest BCUT2D eigenvalue weighted by molar-refractivity contribution is -0.119. The van der Waals surface area contributed by atoms with Crippen molar-refractivity contribution in [3.8, 4) is 11.5 Å². The van der Waals surface area contributed by atoms with E-state index in [1.165, 1.54) is 12.1 Å². The van der Waals surface area contributed by atoms with E-state index in [1.807, 2.05) is 36.4 Å². The molecule has 0 radical (unpaired) electrons. The lowest BCUT2D eigenvalue weighted by Crippen LogP contribution is -2.30. The minimum atomic E-state index is -3.85. The molecule has 0 aliphatic carbocycles. The molecular formula is C26H24N2O5S. The zero-order valence-corrected chi connectivity index (χ0v) is 19.2. The zero-order chi connectivity index (χ0) is 23.8. The van der Waals surface area contributed by atoms with Gasteiger partial charge in [-0.15, -0.1) is 0 Å². The van der Waals surface area contributed by atoms with Crippen molar-refractivity contribution in [3.05, 3.63) is 96.7 Å². The number of nitrogens with one attached hydrogen (secondary N) is 1. The third-order valence-corrected chi connectivity index (χ3v) is 6.37. The smallest absolute Gasteiger partial charge is 0.264 e. The molecule has 0 aliphatic rings. The highest BCUT2D eigenvalue weighted by molar-refractivity contribution is 7.90. The highest BCUT2D eigenvalue weighted by atomic mass is 32.2. The van der Waals surface area contributed by atoms with Crippen LogP contribution in [0.2, 0.25) is 0 Å². The molecule has 0 bridgehead atoms. The summed E-state index contributed by atoms with van der Waals surface area (Å²) >= 11 is 0. The number of aromatic nitrogens is 1. The van der Waals surface area contributed by atoms with Gasteiger partial charge in [0, 0.05) is 11.8 Å². The molecule has 0 spiro atoms. The van der Waals surface area contributed by atoms with E-state index >= 15 is 0 Å². The first-order valence-electron chi connectivity index (χ1n) is 10.8. The van der Waals surface area contributed by atoms with Crippen LogP contribution in [0.25, 0.3) is 10.9 Å². The van der Waals surface area contributed by atoms with Gasteiger partial charge >= 0.3 is 0 Å². The number of hydrogen-bond donors (Lipinski definition) is 1. The van der Waals surface area contributed by atoms with Crippen LogP contribution in [-0.4, -0.2) is 25.9 Å². The van der Waals surface area contributed by atoms with Crippen molar-refractivity contribution in [1.82, 2.24) is 9.71 Å². The molecule has 8 heteroatoms. The number of hydrogen-bond acceptors (Lipinski definition) is 6. The van der Waals surface area contributed by atoms with Crippen LogP contribution in [0.5, 0.6) is 11.5 Å². The van der Waals surface area contributed by atoms with E-state index in [-0.39, 0.29) is 17.9 Å². The van der Waals surface area contributed by atoms with E-state index < -0.39 is 15.9 Å². The third kappa shape index (κ3) is 6.32. The summed E-state index contributed by atoms with van der Waals surface area (Å²) in [4.78, 5) is 16.6. The summed E-state index contributed by atoms with van der Waals surface area (Å²) in [6.45, 7) is 0.631. The molecule has 0 atom stereocenters. The van der Waals surface area contributed by atoms with E-state index in [4.69, 9.17) is 9.47 Å². The first-order valence-corrected chi connectivity index (χ1v) is 12.3. The summed E-state index contributed by atoms with van der Waals surface area (Å²) in [7, 11) is -3.85. The Bertz CT molecular complexity index is 1360. The van der Waals surface area contributed by atoms with Crippen LogP contribution < -0.4 is 14.2 Å². The van der Waals surface area contributed by atoms with Crippen molar-refractivity contribution < 1.29 is 22.7 Å². The van der Waals surface area contributed by atoms with Gasteiger partial charge in [-0.3, -0.25) is 4.79 Å². The number of para-hydroxylation sites is 1. The van der Waals surface area contributed by atoms with Gasteiger partial charge in [-0.2, -0.15) is 0 Å². The average molecular weight is 477 g/mol. The van der Waals surface area contributed by atoms with E-state index in [1.54, 1.807) is 42.5 Å². The van der Waals surface area contributed by atoms with Crippen molar-refractivity contribution in [3.63, 3.8) is 0 Å². The van der Waals surface area contributed by atoms with Gasteiger partial charge in [-0.1, -0.05) is 42.5 Å². The molecular weight excluding hydrogens is 452 g/mol. The SMILES string of the molecule is O=C(CCCOc1ccc(OCc2ccc3ccccc3n2)cc1)NS(=O)(=O)c1ccccc1. The van der Waals surface area contributed by atoms with Gasteiger partial charge < -0.3 is 9.47 Å². The molecule has 0 fully saturated rings. The van der Waals surface area contributed by atoms with Gasteiger partial charge in [0.25, 0.3) is 10.0 Å². The summed E-state index contributed by atoms with van der Waals surface area (Å²) in [5.74, 6) is 0.750. The Morgan fingerprint density at radius 1 is 0.794 bits per heavy atom. The fourth-order valence-electron chi connectivity index (χ4n) is 3.26. The molecule has 0 unspecified atom stereocenters. The molecule has 0 saturated carbocycles. The monoisotopic (exact) mass is 476 g/mol. The second-order valence-electron chi connectivity index (χ2n) is 7.55. The number of fused-ring (bicyclic) bond motifs is 1. The number of sulfonamides is 1. The Morgan fingerprint density at radius 3 is 2.24 bits per heavy atom. The number of benzene rings is 3. The van der Waals surface area contributed by atoms with Crippen LogP contribution in [0.1, 0.15) is 18.5 Å². The van der Waals surface area contributed by atoms with E-state index in [9.17, 15) is 13.2 Å². The lowest BCUT2D eigenvalue weighted by Gasteiger charge is -2.09. The molecule has 7 nitrogen and oxygen atoms in total.